The van der Waals surface area contributed by atoms with Crippen molar-refractivity contribution in [3.05, 3.63) is 35.9 Å². The van der Waals surface area contributed by atoms with E-state index in [2.05, 4.69) is 35.2 Å². The summed E-state index contributed by atoms with van der Waals surface area (Å²) in [5.74, 6) is 0.485. The van der Waals surface area contributed by atoms with Gasteiger partial charge >= 0.3 is 0 Å². The van der Waals surface area contributed by atoms with Crippen LogP contribution >= 0.6 is 0 Å². The standard InChI is InChI=1S/C21H33NO/c23-21(15-9-12-19-10-3-1-4-11-19)14-6-2-5-13-20(21)18-22-16-7-8-17-22/h1,3-4,10-11,20,23H,2,5-9,12-18H2. The van der Waals surface area contributed by atoms with Gasteiger partial charge in [0.1, 0.15) is 0 Å². The third-order valence-corrected chi connectivity index (χ3v) is 6.02. The van der Waals surface area contributed by atoms with Gasteiger partial charge in [0.25, 0.3) is 0 Å². The van der Waals surface area contributed by atoms with Crippen molar-refractivity contribution in [2.75, 3.05) is 19.6 Å². The largest absolute Gasteiger partial charge is 0.390 e. The Labute approximate surface area is 141 Å². The van der Waals surface area contributed by atoms with Crippen LogP contribution in [-0.4, -0.2) is 35.2 Å². The lowest BCUT2D eigenvalue weighted by Crippen LogP contribution is -2.43. The molecule has 23 heavy (non-hydrogen) atoms. The van der Waals surface area contributed by atoms with E-state index in [1.807, 2.05) is 0 Å². The fraction of sp³-hybridized carbons (Fsp3) is 0.714. The lowest BCUT2D eigenvalue weighted by molar-refractivity contribution is -0.0434. The summed E-state index contributed by atoms with van der Waals surface area (Å²) in [6, 6.07) is 10.7. The Kier molecular flexibility index (Phi) is 6.13. The van der Waals surface area contributed by atoms with Gasteiger partial charge in [-0.3, -0.25) is 0 Å². The molecule has 1 saturated heterocycles. The molecule has 1 aromatic carbocycles. The zero-order valence-corrected chi connectivity index (χ0v) is 14.6. The second kappa shape index (κ2) is 8.30. The molecule has 2 atom stereocenters. The summed E-state index contributed by atoms with van der Waals surface area (Å²) < 4.78 is 0. The minimum absolute atomic E-state index is 0.423. The minimum Gasteiger partial charge on any atom is -0.390 e. The number of aryl methyl sites for hydroxylation is 1. The molecule has 3 rings (SSSR count). The normalized spacial score (nSPS) is 29.5. The van der Waals surface area contributed by atoms with Crippen LogP contribution in [0.2, 0.25) is 0 Å². The monoisotopic (exact) mass is 315 g/mol. The number of hydrogen-bond acceptors (Lipinski definition) is 2. The number of rotatable bonds is 6. The zero-order valence-electron chi connectivity index (χ0n) is 14.6. The SMILES string of the molecule is OC1(CCCc2ccccc2)CCCCCC1CN1CCCC1. The van der Waals surface area contributed by atoms with Gasteiger partial charge in [0.15, 0.2) is 0 Å². The third kappa shape index (κ3) is 4.81. The molecular weight excluding hydrogens is 282 g/mol. The highest BCUT2D eigenvalue weighted by Gasteiger charge is 2.38. The molecule has 0 spiro atoms. The molecule has 0 bridgehead atoms. The van der Waals surface area contributed by atoms with Crippen molar-refractivity contribution in [3.63, 3.8) is 0 Å². The average Bonchev–Trinajstić information content (AvgIpc) is 3.01. The lowest BCUT2D eigenvalue weighted by atomic mass is 9.79. The van der Waals surface area contributed by atoms with Crippen molar-refractivity contribution in [3.8, 4) is 0 Å². The Morgan fingerprint density at radius 2 is 1.78 bits per heavy atom. The van der Waals surface area contributed by atoms with E-state index < -0.39 is 5.60 Å². The summed E-state index contributed by atoms with van der Waals surface area (Å²) in [6.45, 7) is 3.62. The number of nitrogens with zero attached hydrogens (tertiary/aromatic N) is 1. The van der Waals surface area contributed by atoms with Crippen LogP contribution in [0.4, 0.5) is 0 Å². The number of likely N-dealkylation sites (tertiary alicyclic amines) is 1. The molecule has 1 aromatic rings. The minimum atomic E-state index is -0.423. The van der Waals surface area contributed by atoms with Crippen molar-refractivity contribution >= 4 is 0 Å². The van der Waals surface area contributed by atoms with Gasteiger partial charge in [0, 0.05) is 12.5 Å². The zero-order chi connectivity index (χ0) is 16.0. The first-order valence-corrected chi connectivity index (χ1v) is 9.75. The van der Waals surface area contributed by atoms with E-state index in [0.29, 0.717) is 5.92 Å². The van der Waals surface area contributed by atoms with Crippen LogP contribution in [0.1, 0.15) is 63.4 Å². The molecular formula is C21H33NO. The predicted molar refractivity (Wildman–Crippen MR) is 96.6 cm³/mol. The third-order valence-electron chi connectivity index (χ3n) is 6.02. The van der Waals surface area contributed by atoms with Crippen LogP contribution in [0.3, 0.4) is 0 Å². The smallest absolute Gasteiger partial charge is 0.0688 e. The first kappa shape index (κ1) is 17.0. The van der Waals surface area contributed by atoms with Gasteiger partial charge in [0.05, 0.1) is 5.60 Å². The van der Waals surface area contributed by atoms with Gasteiger partial charge in [0.2, 0.25) is 0 Å². The summed E-state index contributed by atoms with van der Waals surface area (Å²) in [6.07, 6.45) is 11.9. The average molecular weight is 316 g/mol. The van der Waals surface area contributed by atoms with E-state index in [1.54, 1.807) is 0 Å². The van der Waals surface area contributed by atoms with Crippen molar-refractivity contribution in [2.45, 2.75) is 69.8 Å². The highest BCUT2D eigenvalue weighted by molar-refractivity contribution is 5.14. The Morgan fingerprint density at radius 3 is 2.57 bits per heavy atom. The van der Waals surface area contributed by atoms with Crippen LogP contribution in [0.5, 0.6) is 0 Å². The molecule has 0 aromatic heterocycles. The summed E-state index contributed by atoms with van der Waals surface area (Å²) in [5, 5.41) is 11.4. The van der Waals surface area contributed by atoms with E-state index in [0.717, 1.165) is 32.2 Å². The molecule has 2 aliphatic rings. The van der Waals surface area contributed by atoms with Crippen molar-refractivity contribution in [1.29, 1.82) is 0 Å². The quantitative estimate of drug-likeness (QED) is 0.786. The lowest BCUT2D eigenvalue weighted by Gasteiger charge is -2.37. The predicted octanol–water partition coefficient (Wildman–Crippen LogP) is 4.42. The van der Waals surface area contributed by atoms with E-state index in [9.17, 15) is 5.11 Å². The van der Waals surface area contributed by atoms with Crippen molar-refractivity contribution in [2.24, 2.45) is 5.92 Å². The van der Waals surface area contributed by atoms with Gasteiger partial charge in [-0.05, 0) is 63.6 Å². The highest BCUT2D eigenvalue weighted by atomic mass is 16.3. The van der Waals surface area contributed by atoms with Crippen LogP contribution in [0.25, 0.3) is 0 Å². The Hall–Kier alpha value is -0.860. The van der Waals surface area contributed by atoms with Gasteiger partial charge in [-0.25, -0.2) is 0 Å². The van der Waals surface area contributed by atoms with E-state index in [1.165, 1.54) is 57.2 Å². The fourth-order valence-electron chi connectivity index (χ4n) is 4.58. The van der Waals surface area contributed by atoms with Crippen LogP contribution in [-0.2, 0) is 6.42 Å². The number of hydrogen-bond donors (Lipinski definition) is 1. The maximum absolute atomic E-state index is 11.4. The maximum atomic E-state index is 11.4. The second-order valence-corrected chi connectivity index (χ2v) is 7.75. The summed E-state index contributed by atoms with van der Waals surface area (Å²) >= 11 is 0. The van der Waals surface area contributed by atoms with Gasteiger partial charge < -0.3 is 10.0 Å². The molecule has 1 aliphatic heterocycles. The topological polar surface area (TPSA) is 23.5 Å². The van der Waals surface area contributed by atoms with E-state index in [-0.39, 0.29) is 0 Å². The van der Waals surface area contributed by atoms with Gasteiger partial charge in [-0.1, -0.05) is 49.6 Å². The summed E-state index contributed by atoms with van der Waals surface area (Å²) in [7, 11) is 0. The fourth-order valence-corrected chi connectivity index (χ4v) is 4.58. The Morgan fingerprint density at radius 1 is 1.00 bits per heavy atom. The van der Waals surface area contributed by atoms with E-state index in [4.69, 9.17) is 0 Å². The Bertz CT molecular complexity index is 454. The summed E-state index contributed by atoms with van der Waals surface area (Å²) in [5.41, 5.74) is 0.981. The highest BCUT2D eigenvalue weighted by Crippen LogP contribution is 2.37. The van der Waals surface area contributed by atoms with Crippen LogP contribution in [0.15, 0.2) is 30.3 Å². The maximum Gasteiger partial charge on any atom is 0.0688 e. The van der Waals surface area contributed by atoms with E-state index >= 15 is 0 Å². The second-order valence-electron chi connectivity index (χ2n) is 7.75. The first-order valence-electron chi connectivity index (χ1n) is 9.75. The number of benzene rings is 1. The number of aliphatic hydroxyl groups is 1. The molecule has 1 heterocycles. The van der Waals surface area contributed by atoms with Crippen LogP contribution in [0, 0.1) is 5.92 Å². The molecule has 2 fully saturated rings. The summed E-state index contributed by atoms with van der Waals surface area (Å²) in [4.78, 5) is 2.60. The molecule has 2 unspecified atom stereocenters. The molecule has 0 radical (unpaired) electrons. The van der Waals surface area contributed by atoms with Crippen molar-refractivity contribution in [1.82, 2.24) is 4.90 Å². The van der Waals surface area contributed by atoms with Gasteiger partial charge in [-0.15, -0.1) is 0 Å². The molecule has 1 aliphatic carbocycles. The molecule has 128 valence electrons. The molecule has 2 heteroatoms. The first-order chi connectivity index (χ1) is 11.3. The molecule has 1 saturated carbocycles. The molecule has 2 nitrogen and oxygen atoms in total. The molecule has 0 amide bonds. The van der Waals surface area contributed by atoms with Crippen molar-refractivity contribution < 1.29 is 5.11 Å². The Balaban J connectivity index is 1.57. The molecule has 1 N–H and O–H groups in total. The van der Waals surface area contributed by atoms with Crippen LogP contribution < -0.4 is 0 Å². The van der Waals surface area contributed by atoms with Gasteiger partial charge in [-0.2, -0.15) is 0 Å².